The summed E-state index contributed by atoms with van der Waals surface area (Å²) in [4.78, 5) is 23.9. The largest absolute Gasteiger partial charge is 0.416 e. The number of rotatable bonds is 6. The lowest BCUT2D eigenvalue weighted by Crippen LogP contribution is -2.47. The van der Waals surface area contributed by atoms with E-state index >= 15 is 0 Å². The highest BCUT2D eigenvalue weighted by molar-refractivity contribution is 7.85. The van der Waals surface area contributed by atoms with Gasteiger partial charge in [-0.15, -0.1) is 0 Å². The van der Waals surface area contributed by atoms with Crippen molar-refractivity contribution in [3.63, 3.8) is 0 Å². The highest BCUT2D eigenvalue weighted by Gasteiger charge is 2.51. The lowest BCUT2D eigenvalue weighted by Gasteiger charge is -2.27. The van der Waals surface area contributed by atoms with Crippen LogP contribution < -0.4 is 16.2 Å². The van der Waals surface area contributed by atoms with E-state index < -0.39 is 70.3 Å². The maximum absolute atomic E-state index is 12.8. The number of alkyl halides is 3. The number of carbonyl (C=O) groups is 1. The van der Waals surface area contributed by atoms with Crippen LogP contribution in [-0.4, -0.2) is 69.5 Å². The van der Waals surface area contributed by atoms with Gasteiger partial charge in [0.2, 0.25) is 0 Å². The Morgan fingerprint density at radius 1 is 1.31 bits per heavy atom. The van der Waals surface area contributed by atoms with Crippen LogP contribution in [0.1, 0.15) is 15.9 Å². The van der Waals surface area contributed by atoms with E-state index in [2.05, 4.69) is 19.1 Å². The van der Waals surface area contributed by atoms with Crippen LogP contribution in [-0.2, 0) is 31.1 Å². The van der Waals surface area contributed by atoms with Crippen LogP contribution in [0.3, 0.4) is 0 Å². The van der Waals surface area contributed by atoms with Crippen molar-refractivity contribution in [1.82, 2.24) is 24.2 Å². The minimum atomic E-state index is -4.83. The molecule has 18 heteroatoms. The molecule has 3 atom stereocenters. The molecule has 194 valence electrons. The zero-order chi connectivity index (χ0) is 26.5. The maximum atomic E-state index is 12.8. The van der Waals surface area contributed by atoms with Crippen LogP contribution in [0.4, 0.5) is 24.7 Å². The summed E-state index contributed by atoms with van der Waals surface area (Å²) in [6.07, 6.45) is -5.61. The quantitative estimate of drug-likeness (QED) is 0.244. The van der Waals surface area contributed by atoms with Crippen molar-refractivity contribution in [3.05, 3.63) is 42.0 Å². The number of aliphatic hydroxyl groups is 2. The number of halogens is 3. The third-order valence-electron chi connectivity index (χ3n) is 5.34. The number of hydrogen-bond acceptors (Lipinski definition) is 12. The topological polar surface area (TPSA) is 218 Å². The first-order valence-corrected chi connectivity index (χ1v) is 11.3. The molecule has 1 amide bonds. The van der Waals surface area contributed by atoms with Gasteiger partial charge in [0.25, 0.3) is 5.91 Å². The van der Waals surface area contributed by atoms with Gasteiger partial charge in [0.15, 0.2) is 17.2 Å². The summed E-state index contributed by atoms with van der Waals surface area (Å²) in [5, 5.41) is 21.6. The molecule has 14 nitrogen and oxygen atoms in total. The molecule has 0 unspecified atom stereocenters. The monoisotopic (exact) mass is 533 g/mol. The van der Waals surface area contributed by atoms with Gasteiger partial charge in [-0.25, -0.2) is 19.7 Å². The second-order valence-electron chi connectivity index (χ2n) is 7.69. The predicted octanol–water partition coefficient (Wildman–Crippen LogP) is -0.894. The lowest BCUT2D eigenvalue weighted by atomic mass is 10.1. The number of amides is 1. The van der Waals surface area contributed by atoms with Gasteiger partial charge >= 0.3 is 16.5 Å². The SMILES string of the molecule is Nc1cc(C(F)(F)F)ccc1C(=O)NS(=O)(=O)OC[C@H]1OC[C@@](O)(n2cnc3c(N)ncnc32)[C@@H]1O. The van der Waals surface area contributed by atoms with Crippen molar-refractivity contribution in [2.45, 2.75) is 24.1 Å². The minimum Gasteiger partial charge on any atom is -0.398 e. The average Bonchev–Trinajstić information content (AvgIpc) is 3.35. The van der Waals surface area contributed by atoms with E-state index in [0.717, 1.165) is 17.2 Å². The Hall–Kier alpha value is -3.58. The normalized spacial score (nSPS) is 22.7. The van der Waals surface area contributed by atoms with Crippen LogP contribution in [0.15, 0.2) is 30.9 Å². The molecule has 36 heavy (non-hydrogen) atoms. The number of imidazole rings is 1. The van der Waals surface area contributed by atoms with Crippen LogP contribution >= 0.6 is 0 Å². The Balaban J connectivity index is 1.43. The van der Waals surface area contributed by atoms with Gasteiger partial charge in [-0.05, 0) is 18.2 Å². The Morgan fingerprint density at radius 2 is 2.03 bits per heavy atom. The number of anilines is 2. The Labute approximate surface area is 199 Å². The number of hydrogen-bond donors (Lipinski definition) is 5. The number of carbonyl (C=O) groups excluding carboxylic acids is 1. The van der Waals surface area contributed by atoms with Gasteiger partial charge in [0.05, 0.1) is 30.7 Å². The first-order valence-electron chi connectivity index (χ1n) is 9.87. The highest BCUT2D eigenvalue weighted by Crippen LogP contribution is 2.33. The van der Waals surface area contributed by atoms with Gasteiger partial charge in [-0.3, -0.25) is 13.5 Å². The van der Waals surface area contributed by atoms with Crippen molar-refractivity contribution in [2.75, 3.05) is 24.7 Å². The van der Waals surface area contributed by atoms with Gasteiger partial charge in [-0.2, -0.15) is 21.6 Å². The molecule has 0 bridgehead atoms. The van der Waals surface area contributed by atoms with Crippen LogP contribution in [0.2, 0.25) is 0 Å². The number of ether oxygens (including phenoxy) is 1. The number of aliphatic hydroxyl groups excluding tert-OH is 1. The Bertz CT molecular complexity index is 1430. The molecule has 4 rings (SSSR count). The van der Waals surface area contributed by atoms with Crippen LogP contribution in [0.5, 0.6) is 0 Å². The summed E-state index contributed by atoms with van der Waals surface area (Å²) in [5.41, 5.74) is 6.95. The number of benzene rings is 1. The van der Waals surface area contributed by atoms with E-state index in [9.17, 15) is 36.6 Å². The first kappa shape index (κ1) is 25.5. The number of nitrogen functional groups attached to an aromatic ring is 2. The van der Waals surface area contributed by atoms with Crippen LogP contribution in [0, 0.1) is 0 Å². The zero-order valence-electron chi connectivity index (χ0n) is 17.9. The molecule has 3 aromatic rings. The van der Waals surface area contributed by atoms with Crippen molar-refractivity contribution < 1.29 is 45.5 Å². The molecule has 0 aliphatic carbocycles. The fourth-order valence-electron chi connectivity index (χ4n) is 3.49. The van der Waals surface area contributed by atoms with E-state index in [0.29, 0.717) is 18.2 Å². The molecule has 3 heterocycles. The standard InChI is InChI=1S/C18H18F3N7O7S/c19-18(20,21)8-1-2-9(10(22)3-8)16(30)27-36(32,33)35-4-11-13(29)17(31,5-34-11)28-7-26-12-14(23)24-6-25-15(12)28/h1-3,6-7,11,13,29,31H,4-5,22H2,(H,27,30)(H2,23,24,25)/t11-,13-,17+/m1/s1. The second kappa shape index (κ2) is 8.82. The molecular weight excluding hydrogens is 515 g/mol. The van der Waals surface area contributed by atoms with Gasteiger partial charge in [-0.1, -0.05) is 0 Å². The number of nitrogens with one attached hydrogen (secondary N) is 1. The summed E-state index contributed by atoms with van der Waals surface area (Å²) in [5.74, 6) is -1.33. The number of aromatic nitrogens is 4. The molecule has 2 aromatic heterocycles. The van der Waals surface area contributed by atoms with E-state index in [1.807, 2.05) is 0 Å². The fourth-order valence-corrected chi connectivity index (χ4v) is 4.20. The van der Waals surface area contributed by atoms with Gasteiger partial charge in [0.1, 0.15) is 24.1 Å². The van der Waals surface area contributed by atoms with Crippen molar-refractivity contribution in [1.29, 1.82) is 0 Å². The highest BCUT2D eigenvalue weighted by atomic mass is 32.2. The molecule has 7 N–H and O–H groups in total. The Kier molecular flexibility index (Phi) is 6.25. The molecule has 1 aromatic carbocycles. The molecule has 0 spiro atoms. The Morgan fingerprint density at radius 3 is 2.69 bits per heavy atom. The summed E-state index contributed by atoms with van der Waals surface area (Å²) in [7, 11) is -4.83. The third-order valence-corrected chi connectivity index (χ3v) is 6.23. The number of nitrogens with zero attached hydrogens (tertiary/aromatic N) is 4. The summed E-state index contributed by atoms with van der Waals surface area (Å²) in [6, 6.07) is 1.74. The number of nitrogens with two attached hydrogens (primary N) is 2. The maximum Gasteiger partial charge on any atom is 0.416 e. The molecule has 0 radical (unpaired) electrons. The second-order valence-corrected chi connectivity index (χ2v) is 9.04. The third kappa shape index (κ3) is 4.63. The average molecular weight is 533 g/mol. The summed E-state index contributed by atoms with van der Waals surface area (Å²) >= 11 is 0. The molecule has 1 saturated heterocycles. The predicted molar refractivity (Wildman–Crippen MR) is 114 cm³/mol. The van der Waals surface area contributed by atoms with E-state index in [1.54, 1.807) is 0 Å². The van der Waals surface area contributed by atoms with Gasteiger partial charge < -0.3 is 26.4 Å². The van der Waals surface area contributed by atoms with E-state index in [-0.39, 0.29) is 17.0 Å². The summed E-state index contributed by atoms with van der Waals surface area (Å²) in [6.45, 7) is -1.37. The molecule has 0 saturated carbocycles. The lowest BCUT2D eigenvalue weighted by molar-refractivity contribution is -0.137. The summed E-state index contributed by atoms with van der Waals surface area (Å²) < 4.78 is 75.2. The minimum absolute atomic E-state index is 0.0196. The molecular formula is C18H18F3N7O7S. The fraction of sp³-hybridized carbons (Fsp3) is 0.333. The number of fused-ring (bicyclic) bond motifs is 1. The van der Waals surface area contributed by atoms with E-state index in [4.69, 9.17) is 16.2 Å². The smallest absolute Gasteiger partial charge is 0.398 e. The van der Waals surface area contributed by atoms with Crippen LogP contribution in [0.25, 0.3) is 11.2 Å². The van der Waals surface area contributed by atoms with Crippen molar-refractivity contribution in [3.8, 4) is 0 Å². The first-order chi connectivity index (χ1) is 16.7. The van der Waals surface area contributed by atoms with Gasteiger partial charge in [0, 0.05) is 5.69 Å². The zero-order valence-corrected chi connectivity index (χ0v) is 18.7. The molecule has 1 fully saturated rings. The van der Waals surface area contributed by atoms with Crippen molar-refractivity contribution in [2.24, 2.45) is 0 Å². The molecule has 1 aliphatic rings. The van der Waals surface area contributed by atoms with E-state index in [1.165, 1.54) is 4.72 Å². The molecule has 1 aliphatic heterocycles. The van der Waals surface area contributed by atoms with Crippen molar-refractivity contribution >= 4 is 38.9 Å².